The third-order valence-electron chi connectivity index (χ3n) is 2.87. The van der Waals surface area contributed by atoms with Crippen LogP contribution in [0.3, 0.4) is 0 Å². The first-order valence-corrected chi connectivity index (χ1v) is 6.75. The molecule has 0 aliphatic carbocycles. The highest BCUT2D eigenvalue weighted by molar-refractivity contribution is 9.09. The van der Waals surface area contributed by atoms with E-state index in [0.717, 1.165) is 28.6 Å². The first-order valence-electron chi connectivity index (χ1n) is 5.84. The molecule has 94 valence electrons. The Balaban J connectivity index is 1.92. The maximum absolute atomic E-state index is 5.62. The largest absolute Gasteiger partial charge is 0.486 e. The van der Waals surface area contributed by atoms with Gasteiger partial charge in [0.25, 0.3) is 0 Å². The number of aryl methyl sites for hydroxylation is 1. The van der Waals surface area contributed by atoms with E-state index in [1.54, 1.807) is 0 Å². The van der Waals surface area contributed by atoms with Crippen molar-refractivity contribution in [1.82, 2.24) is 0 Å². The van der Waals surface area contributed by atoms with E-state index >= 15 is 0 Å². The Morgan fingerprint density at radius 2 is 1.83 bits per heavy atom. The van der Waals surface area contributed by atoms with Crippen LogP contribution in [0.5, 0.6) is 11.5 Å². The molecule has 0 amide bonds. The van der Waals surface area contributed by atoms with Gasteiger partial charge < -0.3 is 13.9 Å². The van der Waals surface area contributed by atoms with Crippen molar-refractivity contribution in [3.05, 3.63) is 47.4 Å². The monoisotopic (exact) mass is 308 g/mol. The second-order valence-corrected chi connectivity index (χ2v) is 5.13. The number of benzene rings is 1. The van der Waals surface area contributed by atoms with E-state index < -0.39 is 0 Å². The zero-order chi connectivity index (χ0) is 12.5. The maximum Gasteiger partial charge on any atom is 0.161 e. The number of hydrogen-bond donors (Lipinski definition) is 0. The predicted octanol–water partition coefficient (Wildman–Crippen LogP) is 3.84. The van der Waals surface area contributed by atoms with Gasteiger partial charge in [-0.2, -0.15) is 0 Å². The minimum Gasteiger partial charge on any atom is -0.486 e. The molecule has 2 aromatic rings. The highest BCUT2D eigenvalue weighted by atomic mass is 79.9. The Morgan fingerprint density at radius 3 is 2.56 bits per heavy atom. The summed E-state index contributed by atoms with van der Waals surface area (Å²) in [4.78, 5) is 0.0297. The van der Waals surface area contributed by atoms with Crippen LogP contribution < -0.4 is 9.47 Å². The Hall–Kier alpha value is -1.42. The highest BCUT2D eigenvalue weighted by Gasteiger charge is 2.18. The molecular formula is C14H13BrO3. The lowest BCUT2D eigenvalue weighted by Crippen LogP contribution is -2.15. The maximum atomic E-state index is 5.62. The SMILES string of the molecule is Cc1ccc(C(Br)c2ccc3c(c2)OCCO3)o1. The van der Waals surface area contributed by atoms with Crippen molar-refractivity contribution < 1.29 is 13.9 Å². The fraction of sp³-hybridized carbons (Fsp3) is 0.286. The van der Waals surface area contributed by atoms with Gasteiger partial charge >= 0.3 is 0 Å². The minimum absolute atomic E-state index is 0.0297. The van der Waals surface area contributed by atoms with E-state index in [4.69, 9.17) is 13.9 Å². The third kappa shape index (κ3) is 2.12. The highest BCUT2D eigenvalue weighted by Crippen LogP contribution is 2.38. The molecular weight excluding hydrogens is 296 g/mol. The lowest BCUT2D eigenvalue weighted by Gasteiger charge is -2.19. The van der Waals surface area contributed by atoms with E-state index in [9.17, 15) is 0 Å². The van der Waals surface area contributed by atoms with Crippen LogP contribution in [0.1, 0.15) is 21.9 Å². The van der Waals surface area contributed by atoms with E-state index in [2.05, 4.69) is 15.9 Å². The van der Waals surface area contributed by atoms with Crippen LogP contribution in [0.25, 0.3) is 0 Å². The summed E-state index contributed by atoms with van der Waals surface area (Å²) in [7, 11) is 0. The molecule has 4 heteroatoms. The van der Waals surface area contributed by atoms with Crippen LogP contribution >= 0.6 is 15.9 Å². The quantitative estimate of drug-likeness (QED) is 0.790. The average molecular weight is 309 g/mol. The second kappa shape index (κ2) is 4.69. The number of rotatable bonds is 2. The average Bonchev–Trinajstić information content (AvgIpc) is 2.84. The molecule has 0 spiro atoms. The fourth-order valence-electron chi connectivity index (χ4n) is 1.97. The normalized spacial score (nSPS) is 15.4. The Labute approximate surface area is 114 Å². The molecule has 1 unspecified atom stereocenters. The molecule has 1 aliphatic heterocycles. The number of hydrogen-bond acceptors (Lipinski definition) is 3. The molecule has 1 aliphatic rings. The molecule has 0 N–H and O–H groups in total. The standard InChI is InChI=1S/C14H13BrO3/c1-9-2-4-12(18-9)14(15)10-3-5-11-13(8-10)17-7-6-16-11/h2-5,8,14H,6-7H2,1H3. The van der Waals surface area contributed by atoms with Crippen LogP contribution in [0.2, 0.25) is 0 Å². The van der Waals surface area contributed by atoms with E-state index in [1.165, 1.54) is 0 Å². The molecule has 0 saturated carbocycles. The fourth-order valence-corrected chi connectivity index (χ4v) is 2.50. The van der Waals surface area contributed by atoms with Gasteiger partial charge in [-0.15, -0.1) is 0 Å². The Bertz CT molecular complexity index is 562. The number of furan rings is 1. The van der Waals surface area contributed by atoms with Crippen molar-refractivity contribution in [3.8, 4) is 11.5 Å². The summed E-state index contributed by atoms with van der Waals surface area (Å²) >= 11 is 3.65. The van der Waals surface area contributed by atoms with E-state index in [-0.39, 0.29) is 4.83 Å². The number of halogens is 1. The summed E-state index contributed by atoms with van der Waals surface area (Å²) in [5, 5.41) is 0. The van der Waals surface area contributed by atoms with Crippen molar-refractivity contribution in [1.29, 1.82) is 0 Å². The molecule has 0 fully saturated rings. The topological polar surface area (TPSA) is 31.6 Å². The molecule has 1 atom stereocenters. The van der Waals surface area contributed by atoms with Gasteiger partial charge in [-0.3, -0.25) is 0 Å². The summed E-state index contributed by atoms with van der Waals surface area (Å²) in [5.74, 6) is 3.41. The minimum atomic E-state index is 0.0297. The first kappa shape index (κ1) is 11.7. The number of alkyl halides is 1. The van der Waals surface area contributed by atoms with Gasteiger partial charge in [-0.25, -0.2) is 0 Å². The van der Waals surface area contributed by atoms with Crippen molar-refractivity contribution in [3.63, 3.8) is 0 Å². The van der Waals surface area contributed by atoms with Crippen LogP contribution in [0, 0.1) is 6.92 Å². The zero-order valence-corrected chi connectivity index (χ0v) is 11.6. The lowest BCUT2D eigenvalue weighted by atomic mass is 10.1. The van der Waals surface area contributed by atoms with Gasteiger partial charge in [0.1, 0.15) is 24.7 Å². The van der Waals surface area contributed by atoms with Crippen LogP contribution in [-0.2, 0) is 0 Å². The Morgan fingerprint density at radius 1 is 1.06 bits per heavy atom. The summed E-state index contributed by atoms with van der Waals surface area (Å²) < 4.78 is 16.7. The van der Waals surface area contributed by atoms with Crippen molar-refractivity contribution in [2.75, 3.05) is 13.2 Å². The molecule has 1 aromatic carbocycles. The van der Waals surface area contributed by atoms with Crippen LogP contribution in [0.4, 0.5) is 0 Å². The van der Waals surface area contributed by atoms with Gasteiger partial charge in [0.05, 0.1) is 4.83 Å². The third-order valence-corrected chi connectivity index (χ3v) is 3.85. The van der Waals surface area contributed by atoms with Gasteiger partial charge in [-0.1, -0.05) is 22.0 Å². The number of fused-ring (bicyclic) bond motifs is 1. The molecule has 0 saturated heterocycles. The summed E-state index contributed by atoms with van der Waals surface area (Å²) in [6.07, 6.45) is 0. The second-order valence-electron chi connectivity index (χ2n) is 4.21. The van der Waals surface area contributed by atoms with E-state index in [0.29, 0.717) is 13.2 Å². The molecule has 1 aromatic heterocycles. The number of ether oxygens (including phenoxy) is 2. The molecule has 0 radical (unpaired) electrons. The zero-order valence-electron chi connectivity index (χ0n) is 9.98. The first-order chi connectivity index (χ1) is 8.74. The Kier molecular flexibility index (Phi) is 3.04. The predicted molar refractivity (Wildman–Crippen MR) is 71.6 cm³/mol. The summed E-state index contributed by atoms with van der Waals surface area (Å²) in [6, 6.07) is 9.89. The van der Waals surface area contributed by atoms with Gasteiger partial charge in [-0.05, 0) is 36.8 Å². The van der Waals surface area contributed by atoms with Crippen LogP contribution in [-0.4, -0.2) is 13.2 Å². The van der Waals surface area contributed by atoms with Crippen molar-refractivity contribution in [2.24, 2.45) is 0 Å². The molecule has 2 heterocycles. The molecule has 3 rings (SSSR count). The smallest absolute Gasteiger partial charge is 0.161 e. The molecule has 3 nitrogen and oxygen atoms in total. The van der Waals surface area contributed by atoms with E-state index in [1.807, 2.05) is 37.3 Å². The molecule has 0 bridgehead atoms. The van der Waals surface area contributed by atoms with Crippen molar-refractivity contribution in [2.45, 2.75) is 11.8 Å². The summed E-state index contributed by atoms with van der Waals surface area (Å²) in [5.41, 5.74) is 1.09. The molecule has 18 heavy (non-hydrogen) atoms. The van der Waals surface area contributed by atoms with Gasteiger partial charge in [0.2, 0.25) is 0 Å². The van der Waals surface area contributed by atoms with Gasteiger partial charge in [0, 0.05) is 0 Å². The van der Waals surface area contributed by atoms with Gasteiger partial charge in [0.15, 0.2) is 11.5 Å². The van der Waals surface area contributed by atoms with Crippen molar-refractivity contribution >= 4 is 15.9 Å². The summed E-state index contributed by atoms with van der Waals surface area (Å²) in [6.45, 7) is 3.15. The van der Waals surface area contributed by atoms with Crippen LogP contribution in [0.15, 0.2) is 34.7 Å². The lowest BCUT2D eigenvalue weighted by molar-refractivity contribution is 0.171.